The molecule has 0 N–H and O–H groups in total. The summed E-state index contributed by atoms with van der Waals surface area (Å²) in [6.45, 7) is 1.47. The van der Waals surface area contributed by atoms with E-state index in [0.29, 0.717) is 11.3 Å². The monoisotopic (exact) mass is 540 g/mol. The average molecular weight is 541 g/mol. The summed E-state index contributed by atoms with van der Waals surface area (Å²) in [4.78, 5) is 11.9. The lowest BCUT2D eigenvalue weighted by Gasteiger charge is -2.12. The zero-order valence-electron chi connectivity index (χ0n) is 19.6. The summed E-state index contributed by atoms with van der Waals surface area (Å²) in [5, 5.41) is 6.09. The lowest BCUT2D eigenvalue weighted by Crippen LogP contribution is -2.14. The third-order valence-electron chi connectivity index (χ3n) is 5.76. The maximum atomic E-state index is 14.5. The number of nitrogens with zero attached hydrogens (tertiary/aromatic N) is 2. The molecule has 0 bridgehead atoms. The van der Waals surface area contributed by atoms with E-state index < -0.39 is 40.0 Å². The van der Waals surface area contributed by atoms with Gasteiger partial charge in [0.05, 0.1) is 27.6 Å². The Labute approximate surface area is 217 Å². The van der Waals surface area contributed by atoms with Crippen LogP contribution in [-0.4, -0.2) is 15.7 Å². The number of hydrogen-bond acceptors (Lipinski definition) is 4. The maximum Gasteiger partial charge on any atom is 0.317 e. The third-order valence-corrected chi connectivity index (χ3v) is 7.00. The fourth-order valence-corrected chi connectivity index (χ4v) is 4.93. The minimum absolute atomic E-state index is 0.0802. The van der Waals surface area contributed by atoms with Crippen molar-refractivity contribution in [2.45, 2.75) is 23.1 Å². The smallest absolute Gasteiger partial charge is 0.317 e. The molecule has 5 rings (SSSR count). The summed E-state index contributed by atoms with van der Waals surface area (Å²) < 4.78 is 77.3. The van der Waals surface area contributed by atoms with Crippen molar-refractivity contribution in [1.82, 2.24) is 9.78 Å². The fraction of sp³-hybridized carbons (Fsp3) is 0.0714. The van der Waals surface area contributed by atoms with Crippen molar-refractivity contribution >= 4 is 28.5 Å². The van der Waals surface area contributed by atoms with Gasteiger partial charge in [-0.3, -0.25) is 4.79 Å². The minimum Gasteiger partial charge on any atom is -0.406 e. The number of rotatable bonds is 6. The van der Waals surface area contributed by atoms with Gasteiger partial charge in [0.2, 0.25) is 11.7 Å². The Morgan fingerprint density at radius 2 is 1.39 bits per heavy atom. The van der Waals surface area contributed by atoms with E-state index in [1.807, 2.05) is 30.3 Å². The number of aromatic nitrogens is 2. The van der Waals surface area contributed by atoms with Gasteiger partial charge in [-0.25, -0.2) is 22.0 Å². The van der Waals surface area contributed by atoms with E-state index in [2.05, 4.69) is 5.10 Å². The molecule has 0 saturated heterocycles. The highest BCUT2D eigenvalue weighted by atomic mass is 32.2. The molecule has 0 saturated carbocycles. The van der Waals surface area contributed by atoms with Crippen LogP contribution in [0.25, 0.3) is 16.5 Å². The number of hydrogen-bond donors (Lipinski definition) is 0. The van der Waals surface area contributed by atoms with E-state index in [1.165, 1.54) is 11.6 Å². The second kappa shape index (κ2) is 10.3. The molecule has 0 radical (unpaired) electrons. The van der Waals surface area contributed by atoms with Gasteiger partial charge in [-0.1, -0.05) is 72.4 Å². The zero-order valence-corrected chi connectivity index (χ0v) is 20.5. The summed E-state index contributed by atoms with van der Waals surface area (Å²) in [5.74, 6) is -11.3. The Morgan fingerprint density at radius 1 is 0.789 bits per heavy atom. The van der Waals surface area contributed by atoms with Crippen molar-refractivity contribution in [3.05, 3.63) is 113 Å². The molecule has 0 fully saturated rings. The molecule has 192 valence electrons. The highest BCUT2D eigenvalue weighted by molar-refractivity contribution is 7.99. The molecule has 1 aromatic heterocycles. The van der Waals surface area contributed by atoms with Gasteiger partial charge >= 0.3 is 5.97 Å². The molecule has 0 amide bonds. The molecule has 0 aliphatic rings. The quantitative estimate of drug-likeness (QED) is 0.0979. The zero-order chi connectivity index (χ0) is 27.0. The van der Waals surface area contributed by atoms with E-state index >= 15 is 0 Å². The number of carbonyl (C=O) groups is 1. The van der Waals surface area contributed by atoms with Crippen LogP contribution in [0.4, 0.5) is 22.0 Å². The summed E-state index contributed by atoms with van der Waals surface area (Å²) in [5.41, 5.74) is 1.29. The van der Waals surface area contributed by atoms with E-state index in [4.69, 9.17) is 4.74 Å². The standard InChI is InChI=1S/C28H17F5N2O2S/c1-15-26(38-27-24(32)22(30)21(29)23(31)25(27)33)28(35(34-15)18-11-3-2-4-12-18)37-20(36)14-17-10-7-9-16-8-5-6-13-19(16)17/h2-13H,14H2,1H3. The van der Waals surface area contributed by atoms with Crippen LogP contribution in [0.15, 0.2) is 82.6 Å². The van der Waals surface area contributed by atoms with Crippen LogP contribution in [-0.2, 0) is 11.2 Å². The van der Waals surface area contributed by atoms with Crippen molar-refractivity contribution < 1.29 is 31.5 Å². The summed E-state index contributed by atoms with van der Waals surface area (Å²) >= 11 is 0.240. The normalized spacial score (nSPS) is 11.2. The van der Waals surface area contributed by atoms with Crippen LogP contribution in [0.1, 0.15) is 11.3 Å². The topological polar surface area (TPSA) is 44.1 Å². The van der Waals surface area contributed by atoms with E-state index in [1.54, 1.807) is 42.5 Å². The number of ether oxygens (including phenoxy) is 1. The first-order valence-electron chi connectivity index (χ1n) is 11.3. The number of fused-ring (bicyclic) bond motifs is 1. The number of carbonyl (C=O) groups excluding carboxylic acids is 1. The molecule has 0 aliphatic carbocycles. The Kier molecular flexibility index (Phi) is 6.90. The first kappa shape index (κ1) is 25.5. The number of esters is 1. The lowest BCUT2D eigenvalue weighted by atomic mass is 10.0. The number of benzene rings is 4. The van der Waals surface area contributed by atoms with Crippen LogP contribution in [0.3, 0.4) is 0 Å². The average Bonchev–Trinajstić information content (AvgIpc) is 3.23. The van der Waals surface area contributed by atoms with Gasteiger partial charge in [0.25, 0.3) is 0 Å². The summed E-state index contributed by atoms with van der Waals surface area (Å²) in [6.07, 6.45) is -0.146. The van der Waals surface area contributed by atoms with Crippen LogP contribution in [0, 0.1) is 36.0 Å². The van der Waals surface area contributed by atoms with Gasteiger partial charge in [-0.05, 0) is 35.4 Å². The second-order valence-corrected chi connectivity index (χ2v) is 9.28. The molecule has 10 heteroatoms. The van der Waals surface area contributed by atoms with Gasteiger partial charge in [0.15, 0.2) is 23.3 Å². The Bertz CT molecular complexity index is 1650. The van der Waals surface area contributed by atoms with Gasteiger partial charge < -0.3 is 4.74 Å². The number of halogens is 5. The minimum atomic E-state index is -2.26. The van der Waals surface area contributed by atoms with Crippen molar-refractivity contribution in [1.29, 1.82) is 0 Å². The summed E-state index contributed by atoms with van der Waals surface area (Å²) in [6, 6.07) is 21.4. The van der Waals surface area contributed by atoms with Crippen LogP contribution < -0.4 is 4.74 Å². The van der Waals surface area contributed by atoms with Gasteiger partial charge in [0.1, 0.15) is 0 Å². The molecule has 0 spiro atoms. The summed E-state index contributed by atoms with van der Waals surface area (Å²) in [7, 11) is 0. The molecule has 4 nitrogen and oxygen atoms in total. The number of para-hydroxylation sites is 1. The van der Waals surface area contributed by atoms with Crippen molar-refractivity contribution in [2.75, 3.05) is 0 Å². The predicted molar refractivity (Wildman–Crippen MR) is 132 cm³/mol. The molecule has 0 aliphatic heterocycles. The highest BCUT2D eigenvalue weighted by Crippen LogP contribution is 2.42. The largest absolute Gasteiger partial charge is 0.406 e. The molecular formula is C28H17F5N2O2S. The molecular weight excluding hydrogens is 523 g/mol. The van der Waals surface area contributed by atoms with Crippen molar-refractivity contribution in [2.24, 2.45) is 0 Å². The molecule has 1 heterocycles. The Morgan fingerprint density at radius 3 is 2.11 bits per heavy atom. The molecule has 0 unspecified atom stereocenters. The van der Waals surface area contributed by atoms with Gasteiger partial charge in [0, 0.05) is 0 Å². The molecule has 5 aromatic rings. The Balaban J connectivity index is 1.57. The van der Waals surface area contributed by atoms with Gasteiger partial charge in [-0.2, -0.15) is 9.78 Å². The molecule has 0 atom stereocenters. The number of aryl methyl sites for hydroxylation is 1. The second-order valence-electron chi connectivity index (χ2n) is 8.26. The molecule has 4 aromatic carbocycles. The lowest BCUT2D eigenvalue weighted by molar-refractivity contribution is -0.134. The van der Waals surface area contributed by atoms with E-state index in [9.17, 15) is 26.7 Å². The first-order chi connectivity index (χ1) is 18.3. The predicted octanol–water partition coefficient (Wildman–Crippen LogP) is 7.33. The Hall–Kier alpha value is -4.18. The molecule has 38 heavy (non-hydrogen) atoms. The van der Waals surface area contributed by atoms with Crippen LogP contribution in [0.5, 0.6) is 5.88 Å². The third kappa shape index (κ3) is 4.63. The van der Waals surface area contributed by atoms with Crippen molar-refractivity contribution in [3.63, 3.8) is 0 Å². The van der Waals surface area contributed by atoms with E-state index in [0.717, 1.165) is 10.8 Å². The fourth-order valence-electron chi connectivity index (χ4n) is 3.97. The van der Waals surface area contributed by atoms with Crippen molar-refractivity contribution in [3.8, 4) is 11.6 Å². The first-order valence-corrected chi connectivity index (χ1v) is 12.1. The van der Waals surface area contributed by atoms with Crippen LogP contribution >= 0.6 is 11.8 Å². The van der Waals surface area contributed by atoms with E-state index in [-0.39, 0.29) is 34.7 Å². The van der Waals surface area contributed by atoms with Gasteiger partial charge in [-0.15, -0.1) is 0 Å². The maximum absolute atomic E-state index is 14.5. The highest BCUT2D eigenvalue weighted by Gasteiger charge is 2.30. The van der Waals surface area contributed by atoms with Crippen LogP contribution in [0.2, 0.25) is 0 Å². The SMILES string of the molecule is Cc1nn(-c2ccccc2)c(OC(=O)Cc2cccc3ccccc23)c1Sc1c(F)c(F)c(F)c(F)c1F.